The van der Waals surface area contributed by atoms with Crippen LogP contribution in [0.3, 0.4) is 0 Å². The Labute approximate surface area is 170 Å². The number of ether oxygens (including phenoxy) is 1. The molecule has 0 atom stereocenters. The number of esters is 1. The number of rotatable bonds is 6. The Kier molecular flexibility index (Phi) is 6.06. The van der Waals surface area contributed by atoms with Crippen LogP contribution in [0.15, 0.2) is 53.1 Å². The summed E-state index contributed by atoms with van der Waals surface area (Å²) < 4.78 is 22.6. The van der Waals surface area contributed by atoms with Gasteiger partial charge in [-0.2, -0.15) is 0 Å². The van der Waals surface area contributed by atoms with E-state index in [1.54, 1.807) is 12.1 Å². The number of benzene rings is 2. The van der Waals surface area contributed by atoms with Gasteiger partial charge in [0.1, 0.15) is 11.4 Å². The molecule has 3 aromatic rings. The molecule has 4 N–H and O–H groups in total. The van der Waals surface area contributed by atoms with Gasteiger partial charge in [0, 0.05) is 5.69 Å². The number of amides is 2. The van der Waals surface area contributed by atoms with Crippen molar-refractivity contribution in [3.63, 3.8) is 0 Å². The molecule has 0 radical (unpaired) electrons. The fourth-order valence-corrected chi connectivity index (χ4v) is 2.55. The lowest BCUT2D eigenvalue weighted by molar-refractivity contribution is -0.119. The number of aromatic nitrogens is 1. The summed E-state index contributed by atoms with van der Waals surface area (Å²) in [6, 6.07) is 11.5. The summed E-state index contributed by atoms with van der Waals surface area (Å²) in [7, 11) is 0. The zero-order valence-electron chi connectivity index (χ0n) is 15.8. The predicted octanol–water partition coefficient (Wildman–Crippen LogP) is 2.75. The maximum Gasteiger partial charge on any atom is 0.346 e. The number of nitrogen functional groups attached to an aromatic ring is 1. The van der Waals surface area contributed by atoms with Gasteiger partial charge in [0.2, 0.25) is 5.88 Å². The van der Waals surface area contributed by atoms with Crippen molar-refractivity contribution in [2.75, 3.05) is 23.0 Å². The topological polar surface area (TPSA) is 137 Å². The Morgan fingerprint density at radius 1 is 1.10 bits per heavy atom. The Morgan fingerprint density at radius 2 is 1.80 bits per heavy atom. The van der Waals surface area contributed by atoms with Crippen molar-refractivity contribution >= 4 is 35.0 Å². The lowest BCUT2D eigenvalue weighted by atomic mass is 10.1. The van der Waals surface area contributed by atoms with E-state index >= 15 is 0 Å². The standard InChI is InChI=1S/C20H17FN4O5/c1-11-17(18(22)30-25-11)20(28)29-10-16(26)24-15-5-3-2-4-14(15)19(27)23-13-8-6-12(21)7-9-13/h2-9H,10,22H2,1H3,(H,23,27)(H,24,26). The average Bonchev–Trinajstić information content (AvgIpc) is 3.06. The lowest BCUT2D eigenvalue weighted by Gasteiger charge is -2.12. The van der Waals surface area contributed by atoms with E-state index in [2.05, 4.69) is 20.3 Å². The Morgan fingerprint density at radius 3 is 2.47 bits per heavy atom. The van der Waals surface area contributed by atoms with Gasteiger partial charge in [-0.3, -0.25) is 9.59 Å². The van der Waals surface area contributed by atoms with Crippen LogP contribution in [-0.2, 0) is 9.53 Å². The van der Waals surface area contributed by atoms with Crippen LogP contribution < -0.4 is 16.4 Å². The van der Waals surface area contributed by atoms with Crippen LogP contribution in [0.2, 0.25) is 0 Å². The van der Waals surface area contributed by atoms with Crippen LogP contribution >= 0.6 is 0 Å². The number of nitrogens with zero attached hydrogens (tertiary/aromatic N) is 1. The first-order chi connectivity index (χ1) is 14.3. The van der Waals surface area contributed by atoms with Gasteiger partial charge >= 0.3 is 5.97 Å². The number of nitrogens with one attached hydrogen (secondary N) is 2. The van der Waals surface area contributed by atoms with Crippen LogP contribution in [0.5, 0.6) is 0 Å². The first-order valence-electron chi connectivity index (χ1n) is 8.70. The van der Waals surface area contributed by atoms with Crippen LogP contribution in [-0.4, -0.2) is 29.5 Å². The number of carbonyl (C=O) groups is 3. The maximum absolute atomic E-state index is 13.0. The maximum atomic E-state index is 13.0. The van der Waals surface area contributed by atoms with Crippen molar-refractivity contribution in [3.8, 4) is 0 Å². The van der Waals surface area contributed by atoms with Gasteiger partial charge in [0.05, 0.1) is 16.9 Å². The van der Waals surface area contributed by atoms with Crippen molar-refractivity contribution in [1.29, 1.82) is 0 Å². The van der Waals surface area contributed by atoms with Crippen molar-refractivity contribution < 1.29 is 28.0 Å². The van der Waals surface area contributed by atoms with E-state index in [9.17, 15) is 18.8 Å². The van der Waals surface area contributed by atoms with Crippen LogP contribution in [0.4, 0.5) is 21.6 Å². The molecule has 154 valence electrons. The lowest BCUT2D eigenvalue weighted by Crippen LogP contribution is -2.23. The molecule has 0 fully saturated rings. The first-order valence-corrected chi connectivity index (χ1v) is 8.70. The second kappa shape index (κ2) is 8.86. The van der Waals surface area contributed by atoms with E-state index in [0.717, 1.165) is 0 Å². The van der Waals surface area contributed by atoms with Gasteiger partial charge in [0.25, 0.3) is 11.8 Å². The normalized spacial score (nSPS) is 10.3. The third kappa shape index (κ3) is 4.79. The molecule has 2 aromatic carbocycles. The second-order valence-corrected chi connectivity index (χ2v) is 6.14. The number of nitrogens with two attached hydrogens (primary N) is 1. The highest BCUT2D eigenvalue weighted by Crippen LogP contribution is 2.19. The molecule has 0 unspecified atom stereocenters. The van der Waals surface area contributed by atoms with Gasteiger partial charge in [-0.25, -0.2) is 9.18 Å². The molecule has 0 saturated carbocycles. The Bertz CT molecular complexity index is 1080. The molecule has 0 aliphatic carbocycles. The molecule has 0 saturated heterocycles. The molecule has 3 rings (SSSR count). The Hall–Kier alpha value is -4.21. The summed E-state index contributed by atoms with van der Waals surface area (Å²) in [5.74, 6) is -2.68. The molecule has 9 nitrogen and oxygen atoms in total. The van der Waals surface area contributed by atoms with Gasteiger partial charge in [-0.15, -0.1) is 0 Å². The van der Waals surface area contributed by atoms with Crippen LogP contribution in [0.1, 0.15) is 26.4 Å². The zero-order chi connectivity index (χ0) is 21.7. The van der Waals surface area contributed by atoms with E-state index in [1.807, 2.05) is 0 Å². The Balaban J connectivity index is 1.64. The minimum atomic E-state index is -0.858. The summed E-state index contributed by atoms with van der Waals surface area (Å²) in [4.78, 5) is 36.8. The van der Waals surface area contributed by atoms with E-state index in [1.165, 1.54) is 43.3 Å². The SMILES string of the molecule is Cc1noc(N)c1C(=O)OCC(=O)Nc1ccccc1C(=O)Nc1ccc(F)cc1. The highest BCUT2D eigenvalue weighted by atomic mass is 19.1. The molecule has 2 amide bonds. The van der Waals surface area contributed by atoms with Crippen molar-refractivity contribution in [2.45, 2.75) is 6.92 Å². The van der Waals surface area contributed by atoms with Crippen molar-refractivity contribution in [1.82, 2.24) is 5.16 Å². The van der Waals surface area contributed by atoms with E-state index in [0.29, 0.717) is 5.69 Å². The van der Waals surface area contributed by atoms with Crippen molar-refractivity contribution in [3.05, 3.63) is 71.2 Å². The molecular formula is C20H17FN4O5. The third-order valence-electron chi connectivity index (χ3n) is 3.98. The van der Waals surface area contributed by atoms with Crippen molar-refractivity contribution in [2.24, 2.45) is 0 Å². The van der Waals surface area contributed by atoms with Crippen LogP contribution in [0, 0.1) is 12.7 Å². The fraction of sp³-hybridized carbons (Fsp3) is 0.100. The third-order valence-corrected chi connectivity index (χ3v) is 3.98. The molecule has 10 heteroatoms. The minimum Gasteiger partial charge on any atom is -0.452 e. The molecular weight excluding hydrogens is 395 g/mol. The molecule has 0 aliphatic heterocycles. The molecule has 1 aromatic heterocycles. The zero-order valence-corrected chi connectivity index (χ0v) is 15.8. The molecule has 30 heavy (non-hydrogen) atoms. The summed E-state index contributed by atoms with van der Waals surface area (Å²) in [6.07, 6.45) is 0. The fourth-order valence-electron chi connectivity index (χ4n) is 2.55. The summed E-state index contributed by atoms with van der Waals surface area (Å²) in [5.41, 5.74) is 6.45. The number of hydrogen-bond donors (Lipinski definition) is 3. The van der Waals surface area contributed by atoms with Crippen LogP contribution in [0.25, 0.3) is 0 Å². The number of hydrogen-bond acceptors (Lipinski definition) is 7. The smallest absolute Gasteiger partial charge is 0.346 e. The van der Waals surface area contributed by atoms with Gasteiger partial charge in [-0.1, -0.05) is 17.3 Å². The summed E-state index contributed by atoms with van der Waals surface area (Å²) in [5, 5.41) is 8.65. The average molecular weight is 412 g/mol. The predicted molar refractivity (Wildman–Crippen MR) is 105 cm³/mol. The summed E-state index contributed by atoms with van der Waals surface area (Å²) in [6.45, 7) is 0.892. The molecule has 1 heterocycles. The van der Waals surface area contributed by atoms with Gasteiger partial charge < -0.3 is 25.6 Å². The van der Waals surface area contributed by atoms with E-state index < -0.39 is 30.2 Å². The number of carbonyl (C=O) groups excluding carboxylic acids is 3. The van der Waals surface area contributed by atoms with Gasteiger partial charge in [-0.05, 0) is 43.3 Å². The number of para-hydroxylation sites is 1. The highest BCUT2D eigenvalue weighted by molar-refractivity contribution is 6.10. The molecule has 0 spiro atoms. The largest absolute Gasteiger partial charge is 0.452 e. The monoisotopic (exact) mass is 412 g/mol. The van der Waals surface area contributed by atoms with E-state index in [-0.39, 0.29) is 28.4 Å². The number of halogens is 1. The van der Waals surface area contributed by atoms with E-state index in [4.69, 9.17) is 10.5 Å². The first kappa shape index (κ1) is 20.5. The highest BCUT2D eigenvalue weighted by Gasteiger charge is 2.21. The quantitative estimate of drug-likeness (QED) is 0.530. The number of aryl methyl sites for hydroxylation is 1. The van der Waals surface area contributed by atoms with Gasteiger partial charge in [0.15, 0.2) is 6.61 Å². The summed E-state index contributed by atoms with van der Waals surface area (Å²) >= 11 is 0. The second-order valence-electron chi connectivity index (χ2n) is 6.14. The number of anilines is 3. The molecule has 0 aliphatic rings. The molecule has 0 bridgehead atoms. The minimum absolute atomic E-state index is 0.0538.